The summed E-state index contributed by atoms with van der Waals surface area (Å²) >= 11 is 0. The minimum absolute atomic E-state index is 0.0760. The fourth-order valence-electron chi connectivity index (χ4n) is 1.51. The SMILES string of the molecule is CN(C)C(=O)CCNc1cc([N+](=O)[O-])ccc1C(=O)O. The van der Waals surface area contributed by atoms with Crippen LogP contribution in [0.2, 0.25) is 0 Å². The number of nitrogens with one attached hydrogen (secondary N) is 1. The molecule has 0 saturated carbocycles. The molecule has 0 heterocycles. The van der Waals surface area contributed by atoms with Crippen LogP contribution in [-0.4, -0.2) is 47.4 Å². The molecule has 8 heteroatoms. The molecule has 0 aliphatic carbocycles. The van der Waals surface area contributed by atoms with Crippen LogP contribution in [0.5, 0.6) is 0 Å². The number of carboxylic acid groups (broad SMARTS) is 1. The average molecular weight is 281 g/mol. The van der Waals surface area contributed by atoms with Crippen molar-refractivity contribution in [3.63, 3.8) is 0 Å². The Kier molecular flexibility index (Phi) is 5.01. The largest absolute Gasteiger partial charge is 0.478 e. The topological polar surface area (TPSA) is 113 Å². The van der Waals surface area contributed by atoms with Gasteiger partial charge in [-0.3, -0.25) is 14.9 Å². The van der Waals surface area contributed by atoms with Crippen molar-refractivity contribution in [1.82, 2.24) is 4.90 Å². The number of nitro groups is 1. The monoisotopic (exact) mass is 281 g/mol. The third-order valence-corrected chi connectivity index (χ3v) is 2.60. The third-order valence-electron chi connectivity index (χ3n) is 2.60. The van der Waals surface area contributed by atoms with Crippen LogP contribution in [-0.2, 0) is 4.79 Å². The lowest BCUT2D eigenvalue weighted by Crippen LogP contribution is -2.24. The van der Waals surface area contributed by atoms with Crippen LogP contribution in [0.25, 0.3) is 0 Å². The van der Waals surface area contributed by atoms with Crippen LogP contribution in [0.1, 0.15) is 16.8 Å². The fourth-order valence-corrected chi connectivity index (χ4v) is 1.51. The average Bonchev–Trinajstić information content (AvgIpc) is 2.37. The van der Waals surface area contributed by atoms with Crippen LogP contribution < -0.4 is 5.32 Å². The van der Waals surface area contributed by atoms with E-state index < -0.39 is 10.9 Å². The van der Waals surface area contributed by atoms with Crippen LogP contribution in [0.15, 0.2) is 18.2 Å². The molecule has 20 heavy (non-hydrogen) atoms. The number of nitro benzene ring substituents is 1. The Morgan fingerprint density at radius 3 is 2.55 bits per heavy atom. The summed E-state index contributed by atoms with van der Waals surface area (Å²) in [6.07, 6.45) is 0.161. The number of amides is 1. The van der Waals surface area contributed by atoms with Gasteiger partial charge >= 0.3 is 5.97 Å². The summed E-state index contributed by atoms with van der Waals surface area (Å²) in [6.45, 7) is 0.193. The first-order chi connectivity index (χ1) is 9.32. The Morgan fingerprint density at radius 1 is 1.40 bits per heavy atom. The van der Waals surface area contributed by atoms with Gasteiger partial charge in [0.1, 0.15) is 0 Å². The zero-order valence-electron chi connectivity index (χ0n) is 11.1. The number of hydrogen-bond donors (Lipinski definition) is 2. The molecule has 1 rings (SSSR count). The molecule has 8 nitrogen and oxygen atoms in total. The van der Waals surface area contributed by atoms with Gasteiger partial charge in [-0.2, -0.15) is 0 Å². The molecule has 0 bridgehead atoms. The molecule has 0 unspecified atom stereocenters. The highest BCUT2D eigenvalue weighted by atomic mass is 16.6. The second kappa shape index (κ2) is 6.50. The van der Waals surface area contributed by atoms with Gasteiger partial charge in [0.25, 0.3) is 5.69 Å². The van der Waals surface area contributed by atoms with Gasteiger partial charge in [-0.05, 0) is 6.07 Å². The van der Waals surface area contributed by atoms with E-state index in [1.54, 1.807) is 14.1 Å². The zero-order valence-corrected chi connectivity index (χ0v) is 11.1. The van der Waals surface area contributed by atoms with Gasteiger partial charge in [0.2, 0.25) is 5.91 Å². The summed E-state index contributed by atoms with van der Waals surface area (Å²) in [5.74, 6) is -1.32. The molecule has 1 aromatic carbocycles. The van der Waals surface area contributed by atoms with Gasteiger partial charge in [-0.1, -0.05) is 0 Å². The van der Waals surface area contributed by atoms with E-state index in [1.807, 2.05) is 0 Å². The Balaban J connectivity index is 2.85. The summed E-state index contributed by atoms with van der Waals surface area (Å²) in [5.41, 5.74) is -0.164. The number of carbonyl (C=O) groups excluding carboxylic acids is 1. The molecule has 0 radical (unpaired) electrons. The Labute approximate surface area is 115 Å². The van der Waals surface area contributed by atoms with Crippen LogP contribution >= 0.6 is 0 Å². The lowest BCUT2D eigenvalue weighted by Gasteiger charge is -2.12. The minimum Gasteiger partial charge on any atom is -0.478 e. The van der Waals surface area contributed by atoms with Crippen molar-refractivity contribution in [1.29, 1.82) is 0 Å². The van der Waals surface area contributed by atoms with E-state index in [0.717, 1.165) is 18.2 Å². The first-order valence-electron chi connectivity index (χ1n) is 5.78. The van der Waals surface area contributed by atoms with Crippen LogP contribution in [0.3, 0.4) is 0 Å². The molecule has 2 N–H and O–H groups in total. The molecule has 0 atom stereocenters. The van der Waals surface area contributed by atoms with Gasteiger partial charge in [-0.15, -0.1) is 0 Å². The van der Waals surface area contributed by atoms with E-state index >= 15 is 0 Å². The van der Waals surface area contributed by atoms with Crippen molar-refractivity contribution < 1.29 is 19.6 Å². The highest BCUT2D eigenvalue weighted by Gasteiger charge is 2.15. The molecule has 0 fully saturated rings. The third kappa shape index (κ3) is 3.94. The second-order valence-corrected chi connectivity index (χ2v) is 4.26. The Hall–Kier alpha value is -2.64. The first kappa shape index (κ1) is 15.4. The quantitative estimate of drug-likeness (QED) is 0.598. The Morgan fingerprint density at radius 2 is 2.05 bits per heavy atom. The molecule has 0 saturated heterocycles. The molecular formula is C12H15N3O5. The van der Waals surface area contributed by atoms with Crippen molar-refractivity contribution >= 4 is 23.3 Å². The first-order valence-corrected chi connectivity index (χ1v) is 5.78. The summed E-state index contributed by atoms with van der Waals surface area (Å²) in [5, 5.41) is 22.4. The lowest BCUT2D eigenvalue weighted by molar-refractivity contribution is -0.384. The predicted molar refractivity (Wildman–Crippen MR) is 71.9 cm³/mol. The number of hydrogen-bond acceptors (Lipinski definition) is 5. The van der Waals surface area contributed by atoms with E-state index in [0.29, 0.717) is 0 Å². The van der Waals surface area contributed by atoms with Crippen LogP contribution in [0.4, 0.5) is 11.4 Å². The summed E-state index contributed by atoms with van der Waals surface area (Å²) in [7, 11) is 3.22. The number of anilines is 1. The standard InChI is InChI=1S/C12H15N3O5/c1-14(2)11(16)5-6-13-10-7-8(15(19)20)3-4-9(10)12(17)18/h3-4,7,13H,5-6H2,1-2H3,(H,17,18). The van der Waals surface area contributed by atoms with Crippen LogP contribution in [0, 0.1) is 10.1 Å². The van der Waals surface area contributed by atoms with Crippen molar-refractivity contribution in [2.75, 3.05) is 26.0 Å². The molecule has 0 aliphatic heterocycles. The molecular weight excluding hydrogens is 266 g/mol. The molecule has 0 aliphatic rings. The molecule has 1 aromatic rings. The smallest absolute Gasteiger partial charge is 0.337 e. The highest BCUT2D eigenvalue weighted by molar-refractivity contribution is 5.94. The molecule has 108 valence electrons. The van der Waals surface area contributed by atoms with E-state index in [2.05, 4.69) is 5.32 Å². The lowest BCUT2D eigenvalue weighted by atomic mass is 10.1. The number of rotatable bonds is 6. The maximum atomic E-state index is 11.4. The van der Waals surface area contributed by atoms with E-state index in [4.69, 9.17) is 5.11 Å². The number of carbonyl (C=O) groups is 2. The number of benzene rings is 1. The highest BCUT2D eigenvalue weighted by Crippen LogP contribution is 2.22. The van der Waals surface area contributed by atoms with Crippen molar-refractivity contribution in [2.24, 2.45) is 0 Å². The van der Waals surface area contributed by atoms with Gasteiger partial charge < -0.3 is 15.3 Å². The number of non-ortho nitro benzene ring substituents is 1. The summed E-state index contributed by atoms with van der Waals surface area (Å²) < 4.78 is 0. The summed E-state index contributed by atoms with van der Waals surface area (Å²) in [4.78, 5) is 33.9. The van der Waals surface area contributed by atoms with Gasteiger partial charge in [0.15, 0.2) is 0 Å². The Bertz CT molecular complexity index is 542. The maximum absolute atomic E-state index is 11.4. The molecule has 0 spiro atoms. The van der Waals surface area contributed by atoms with Crippen molar-refractivity contribution in [3.05, 3.63) is 33.9 Å². The van der Waals surface area contributed by atoms with Crippen molar-refractivity contribution in [2.45, 2.75) is 6.42 Å². The number of aromatic carboxylic acids is 1. The molecule has 0 aromatic heterocycles. The second-order valence-electron chi connectivity index (χ2n) is 4.26. The normalized spacial score (nSPS) is 9.90. The van der Waals surface area contributed by atoms with Gasteiger partial charge in [-0.25, -0.2) is 4.79 Å². The van der Waals surface area contributed by atoms with Gasteiger partial charge in [0, 0.05) is 39.2 Å². The fraction of sp³-hybridized carbons (Fsp3) is 0.333. The minimum atomic E-state index is -1.19. The predicted octanol–water partition coefficient (Wildman–Crippen LogP) is 1.18. The van der Waals surface area contributed by atoms with E-state index in [-0.39, 0.29) is 35.8 Å². The van der Waals surface area contributed by atoms with E-state index in [9.17, 15) is 19.7 Å². The zero-order chi connectivity index (χ0) is 15.3. The maximum Gasteiger partial charge on any atom is 0.337 e. The van der Waals surface area contributed by atoms with Crippen molar-refractivity contribution in [3.8, 4) is 0 Å². The molecule has 1 amide bonds. The number of nitrogens with zero attached hydrogens (tertiary/aromatic N) is 2. The van der Waals surface area contributed by atoms with Gasteiger partial charge in [0.05, 0.1) is 16.2 Å². The summed E-state index contributed by atoms with van der Waals surface area (Å²) in [6, 6.07) is 3.43. The van der Waals surface area contributed by atoms with E-state index in [1.165, 1.54) is 4.90 Å². The number of carboxylic acids is 1.